The molecule has 2 aromatic rings. The molecular weight excluding hydrogens is 504 g/mol. The van der Waals surface area contributed by atoms with Crippen LogP contribution in [0.2, 0.25) is 0 Å². The van der Waals surface area contributed by atoms with Crippen molar-refractivity contribution in [1.82, 2.24) is 15.2 Å². The number of hydrogen-bond donors (Lipinski definition) is 4. The maximum Gasteiger partial charge on any atom is 0.135 e. The Bertz CT molecular complexity index is 1370. The van der Waals surface area contributed by atoms with E-state index in [1.165, 1.54) is 98.7 Å². The molecule has 41 heavy (non-hydrogen) atoms. The lowest BCUT2D eigenvalue weighted by molar-refractivity contribution is -0.940. The Morgan fingerprint density at radius 3 is 2.83 bits per heavy atom. The van der Waals surface area contributed by atoms with Gasteiger partial charge in [-0.05, 0) is 113 Å². The highest BCUT2D eigenvalue weighted by atomic mass is 16.3. The first-order chi connectivity index (χ1) is 20.2. The van der Waals surface area contributed by atoms with Crippen molar-refractivity contribution < 1.29 is 10.0 Å². The van der Waals surface area contributed by atoms with Gasteiger partial charge in [-0.1, -0.05) is 36.4 Å². The van der Waals surface area contributed by atoms with Crippen LogP contribution in [-0.4, -0.2) is 65.4 Å². The topological polar surface area (TPSA) is 55.7 Å². The fourth-order valence-electron chi connectivity index (χ4n) is 10.4. The lowest BCUT2D eigenvalue weighted by Crippen LogP contribution is -3.20. The maximum atomic E-state index is 13.1. The maximum absolute atomic E-state index is 13.1. The third-order valence-corrected chi connectivity index (χ3v) is 11.9. The Morgan fingerprint density at radius 2 is 1.85 bits per heavy atom. The van der Waals surface area contributed by atoms with E-state index in [4.69, 9.17) is 0 Å². The van der Waals surface area contributed by atoms with Crippen molar-refractivity contribution in [2.75, 3.05) is 32.7 Å². The summed E-state index contributed by atoms with van der Waals surface area (Å²) in [5, 5.41) is 18.5. The number of aliphatic hydroxyl groups is 1. The summed E-state index contributed by atoms with van der Waals surface area (Å²) in [6.07, 6.45) is 25.0. The molecule has 1 spiro atoms. The summed E-state index contributed by atoms with van der Waals surface area (Å²) in [4.78, 5) is 8.37. The molecule has 1 aromatic heterocycles. The first-order valence-electron chi connectivity index (χ1n) is 16.8. The average molecular weight is 554 g/mol. The molecule has 6 heterocycles. The van der Waals surface area contributed by atoms with Gasteiger partial charge in [0.25, 0.3) is 0 Å². The van der Waals surface area contributed by atoms with E-state index in [-0.39, 0.29) is 17.5 Å². The number of allylic oxidation sites excluding steroid dienone is 3. The van der Waals surface area contributed by atoms with E-state index in [1.54, 1.807) is 4.90 Å². The van der Waals surface area contributed by atoms with Crippen LogP contribution in [0.3, 0.4) is 0 Å². The van der Waals surface area contributed by atoms with Gasteiger partial charge < -0.3 is 25.2 Å². The molecule has 8 rings (SSSR count). The molecule has 4 N–H and O–H groups in total. The number of rotatable bonds is 1. The quantitative estimate of drug-likeness (QED) is 0.390. The molecule has 0 saturated carbocycles. The van der Waals surface area contributed by atoms with Crippen molar-refractivity contribution >= 4 is 10.9 Å². The van der Waals surface area contributed by atoms with E-state index < -0.39 is 5.60 Å². The summed E-state index contributed by atoms with van der Waals surface area (Å²) in [5.41, 5.74) is 4.90. The van der Waals surface area contributed by atoms with E-state index >= 15 is 0 Å². The number of nitrogens with one attached hydrogen (secondary N) is 3. The van der Waals surface area contributed by atoms with Crippen molar-refractivity contribution in [1.29, 1.82) is 0 Å². The predicted octanol–water partition coefficient (Wildman–Crippen LogP) is 4.62. The normalized spacial score (nSPS) is 42.3. The summed E-state index contributed by atoms with van der Waals surface area (Å²) < 4.78 is 0. The second-order valence-corrected chi connectivity index (χ2v) is 14.2. The van der Waals surface area contributed by atoms with Crippen LogP contribution < -0.4 is 10.2 Å². The Kier molecular flexibility index (Phi) is 6.78. The van der Waals surface area contributed by atoms with Crippen LogP contribution in [0.1, 0.15) is 81.5 Å². The highest BCUT2D eigenvalue weighted by Gasteiger charge is 2.69. The summed E-state index contributed by atoms with van der Waals surface area (Å²) in [6.45, 7) is 5.73. The number of aromatic nitrogens is 1. The van der Waals surface area contributed by atoms with Gasteiger partial charge in [0.05, 0.1) is 18.0 Å². The van der Waals surface area contributed by atoms with Crippen molar-refractivity contribution in [3.8, 4) is 0 Å². The van der Waals surface area contributed by atoms with Gasteiger partial charge in [-0.15, -0.1) is 0 Å². The van der Waals surface area contributed by atoms with E-state index in [2.05, 4.69) is 69.8 Å². The fraction of sp³-hybridized carbons (Fsp3) is 0.611. The molecule has 0 amide bonds. The van der Waals surface area contributed by atoms with Crippen LogP contribution in [0.15, 0.2) is 60.2 Å². The largest absolute Gasteiger partial charge is 0.379 e. The number of fused-ring (bicyclic) bond motifs is 5. The van der Waals surface area contributed by atoms with Gasteiger partial charge >= 0.3 is 0 Å². The summed E-state index contributed by atoms with van der Waals surface area (Å²) >= 11 is 0. The molecule has 4 unspecified atom stereocenters. The van der Waals surface area contributed by atoms with E-state index in [0.717, 1.165) is 32.4 Å². The molecular formula is C36H49N4O+. The van der Waals surface area contributed by atoms with Gasteiger partial charge in [0.15, 0.2) is 0 Å². The summed E-state index contributed by atoms with van der Waals surface area (Å²) in [7, 11) is 0. The zero-order valence-corrected chi connectivity index (χ0v) is 24.7. The second-order valence-electron chi connectivity index (χ2n) is 14.2. The third kappa shape index (κ3) is 4.33. The number of piperidine rings is 1. The molecule has 5 nitrogen and oxygen atoms in total. The highest BCUT2D eigenvalue weighted by molar-refractivity contribution is 5.85. The third-order valence-electron chi connectivity index (χ3n) is 11.9. The molecule has 5 aliphatic heterocycles. The van der Waals surface area contributed by atoms with Crippen LogP contribution in [0.5, 0.6) is 0 Å². The molecule has 218 valence electrons. The van der Waals surface area contributed by atoms with Gasteiger partial charge in [0.1, 0.15) is 17.7 Å². The van der Waals surface area contributed by atoms with Crippen molar-refractivity contribution in [3.63, 3.8) is 0 Å². The number of para-hydroxylation sites is 1. The first kappa shape index (κ1) is 26.4. The number of H-pyrrole nitrogens is 1. The smallest absolute Gasteiger partial charge is 0.135 e. The highest BCUT2D eigenvalue weighted by Crippen LogP contribution is 2.57. The SMILES string of the molecule is O[C@]12C=C(C3NCCc4c3[nH]c3ccccc43)[C@@H]3CCN(CCCC/C=C\CC1)C[C@@]31CC3/C=C\CCCC[NH+]3[C@H]12. The molecule has 6 aliphatic rings. The zero-order valence-electron chi connectivity index (χ0n) is 24.7. The lowest BCUT2D eigenvalue weighted by Gasteiger charge is -2.57. The molecule has 2 saturated heterocycles. The zero-order chi connectivity index (χ0) is 27.4. The van der Waals surface area contributed by atoms with Crippen molar-refractivity contribution in [3.05, 3.63) is 71.5 Å². The van der Waals surface area contributed by atoms with Crippen molar-refractivity contribution in [2.24, 2.45) is 11.3 Å². The number of nitrogens with zero attached hydrogens (tertiary/aromatic N) is 1. The molecule has 8 atom stereocenters. The summed E-state index contributed by atoms with van der Waals surface area (Å²) in [5.74, 6) is 0.508. The Balaban J connectivity index is 1.30. The summed E-state index contributed by atoms with van der Waals surface area (Å²) in [6, 6.07) is 9.80. The average Bonchev–Trinajstić information content (AvgIpc) is 3.49. The predicted molar refractivity (Wildman–Crippen MR) is 166 cm³/mol. The van der Waals surface area contributed by atoms with E-state index in [0.29, 0.717) is 12.0 Å². The van der Waals surface area contributed by atoms with Crippen LogP contribution >= 0.6 is 0 Å². The van der Waals surface area contributed by atoms with Crippen LogP contribution in [0, 0.1) is 11.3 Å². The van der Waals surface area contributed by atoms with Crippen molar-refractivity contribution in [2.45, 2.75) is 94.4 Å². The number of aromatic amines is 1. The number of hydrogen-bond acceptors (Lipinski definition) is 3. The van der Waals surface area contributed by atoms with Crippen LogP contribution in [-0.2, 0) is 6.42 Å². The standard InChI is InChI=1S/C36H48N4O/c41-36-18-10-4-1-2-5-11-20-39-22-17-30(35(25-39)23-26-13-7-3-6-12-21-40(26)34(35)36)29(24-36)32-33-28(16-19-37-32)27-14-8-9-15-31(27)38-33/h1,4,7-9,13-15,24,26,30,32,34,37-38,41H,2-3,5-6,10-12,16-23,25H2/p+1/b4-1-,13-7-/t26?,30-,32?,34+,35-,36-/m0/s1. The minimum absolute atomic E-state index is 0.106. The monoisotopic (exact) mass is 553 g/mol. The van der Waals surface area contributed by atoms with Gasteiger partial charge in [0, 0.05) is 36.1 Å². The molecule has 1 aliphatic carbocycles. The van der Waals surface area contributed by atoms with Crippen LogP contribution in [0.4, 0.5) is 0 Å². The minimum atomic E-state index is -0.796. The van der Waals surface area contributed by atoms with Gasteiger partial charge in [0.2, 0.25) is 0 Å². The number of quaternary nitrogens is 1. The Labute approximate surface area is 245 Å². The fourth-order valence-corrected chi connectivity index (χ4v) is 10.4. The van der Waals surface area contributed by atoms with Gasteiger partial charge in [-0.2, -0.15) is 0 Å². The molecule has 3 bridgehead atoms. The lowest BCUT2D eigenvalue weighted by atomic mass is 9.54. The molecule has 0 radical (unpaired) electrons. The first-order valence-corrected chi connectivity index (χ1v) is 16.8. The molecule has 2 fully saturated rings. The Hall–Kier alpha value is -2.18. The number of benzene rings is 1. The van der Waals surface area contributed by atoms with E-state index in [1.807, 2.05) is 0 Å². The van der Waals surface area contributed by atoms with Gasteiger partial charge in [-0.25, -0.2) is 0 Å². The minimum Gasteiger partial charge on any atom is -0.379 e. The van der Waals surface area contributed by atoms with Crippen LogP contribution in [0.25, 0.3) is 10.9 Å². The molecule has 1 aromatic carbocycles. The second kappa shape index (κ2) is 10.5. The van der Waals surface area contributed by atoms with E-state index in [9.17, 15) is 5.11 Å². The van der Waals surface area contributed by atoms with Gasteiger partial charge in [-0.3, -0.25) is 0 Å². The Morgan fingerprint density at radius 1 is 0.976 bits per heavy atom. The molecule has 5 heteroatoms.